The zero-order valence-corrected chi connectivity index (χ0v) is 20.4. The molecule has 0 N–H and O–H groups in total. The Bertz CT molecular complexity index is 523. The third-order valence-corrected chi connectivity index (χ3v) is 7.79. The van der Waals surface area contributed by atoms with Gasteiger partial charge in [-0.3, -0.25) is 4.90 Å². The molecule has 2 fully saturated rings. The van der Waals surface area contributed by atoms with Gasteiger partial charge in [-0.25, -0.2) is 4.79 Å². The predicted octanol–water partition coefficient (Wildman–Crippen LogP) is 6.68. The number of carbonyl (C=O) groups excluding carboxylic acids is 1. The van der Waals surface area contributed by atoms with Gasteiger partial charge in [0.2, 0.25) is 0 Å². The molecular weight excluding hydrogens is 358 g/mol. The van der Waals surface area contributed by atoms with Gasteiger partial charge in [0.1, 0.15) is 0 Å². The molecule has 0 heterocycles. The van der Waals surface area contributed by atoms with Crippen molar-refractivity contribution in [2.75, 3.05) is 0 Å². The second-order valence-corrected chi connectivity index (χ2v) is 11.0. The summed E-state index contributed by atoms with van der Waals surface area (Å²) in [6.07, 6.45) is 7.45. The third-order valence-electron chi connectivity index (χ3n) is 7.79. The first kappa shape index (κ1) is 24.4. The van der Waals surface area contributed by atoms with Crippen LogP contribution in [0.4, 0.5) is 0 Å². The van der Waals surface area contributed by atoms with Gasteiger partial charge in [-0.2, -0.15) is 0 Å². The highest BCUT2D eigenvalue weighted by atomic mass is 16.6. The van der Waals surface area contributed by atoms with E-state index in [4.69, 9.17) is 4.74 Å². The van der Waals surface area contributed by atoms with E-state index in [1.807, 2.05) is 0 Å². The molecule has 2 aliphatic carbocycles. The van der Waals surface area contributed by atoms with Crippen LogP contribution in [-0.4, -0.2) is 29.2 Å². The van der Waals surface area contributed by atoms with E-state index in [1.54, 1.807) is 6.92 Å². The van der Waals surface area contributed by atoms with E-state index in [9.17, 15) is 4.79 Å². The molecule has 29 heavy (non-hydrogen) atoms. The first-order valence-corrected chi connectivity index (χ1v) is 12.2. The lowest BCUT2D eigenvalue weighted by Crippen LogP contribution is -2.59. The van der Waals surface area contributed by atoms with Gasteiger partial charge in [0.25, 0.3) is 0 Å². The Morgan fingerprint density at radius 2 is 1.28 bits per heavy atom. The van der Waals surface area contributed by atoms with Gasteiger partial charge < -0.3 is 4.74 Å². The second kappa shape index (κ2) is 10.5. The molecule has 3 nitrogen and oxygen atoms in total. The Kier molecular flexibility index (Phi) is 8.82. The van der Waals surface area contributed by atoms with E-state index in [2.05, 4.69) is 59.9 Å². The van der Waals surface area contributed by atoms with Crippen LogP contribution in [0.15, 0.2) is 12.2 Å². The molecule has 2 rings (SSSR count). The fourth-order valence-electron chi connectivity index (χ4n) is 6.09. The summed E-state index contributed by atoms with van der Waals surface area (Å²) in [6.45, 7) is 22.0. The van der Waals surface area contributed by atoms with E-state index in [0.717, 1.165) is 11.8 Å². The first-order chi connectivity index (χ1) is 13.5. The van der Waals surface area contributed by atoms with E-state index in [1.165, 1.54) is 38.5 Å². The van der Waals surface area contributed by atoms with Crippen molar-refractivity contribution in [3.63, 3.8) is 0 Å². The minimum Gasteiger partial charge on any atom is -0.443 e. The van der Waals surface area contributed by atoms with Gasteiger partial charge in [0, 0.05) is 17.7 Å². The summed E-state index contributed by atoms with van der Waals surface area (Å²) >= 11 is 0. The van der Waals surface area contributed by atoms with Crippen LogP contribution in [0.25, 0.3) is 0 Å². The zero-order valence-electron chi connectivity index (χ0n) is 20.4. The highest BCUT2D eigenvalue weighted by molar-refractivity contribution is 5.87. The fourth-order valence-corrected chi connectivity index (χ4v) is 6.09. The molecule has 0 saturated heterocycles. The highest BCUT2D eigenvalue weighted by Gasteiger charge is 2.44. The molecule has 0 aromatic rings. The Labute approximate surface area is 180 Å². The Morgan fingerprint density at radius 3 is 1.62 bits per heavy atom. The normalized spacial score (nSPS) is 34.4. The van der Waals surface area contributed by atoms with Crippen LogP contribution in [0.5, 0.6) is 0 Å². The topological polar surface area (TPSA) is 29.5 Å². The average molecular weight is 406 g/mol. The van der Waals surface area contributed by atoms with Crippen LogP contribution in [0.1, 0.15) is 93.9 Å². The number of esters is 1. The summed E-state index contributed by atoms with van der Waals surface area (Å²) < 4.78 is 5.99. The molecule has 0 bridgehead atoms. The molecule has 7 unspecified atom stereocenters. The quantitative estimate of drug-likeness (QED) is 0.269. The summed E-state index contributed by atoms with van der Waals surface area (Å²) in [6, 6.07) is 0.978. The summed E-state index contributed by atoms with van der Waals surface area (Å²) in [4.78, 5) is 15.1. The molecule has 168 valence electrons. The molecule has 3 heteroatoms. The molecule has 2 aliphatic rings. The zero-order chi connectivity index (χ0) is 21.9. The fraction of sp³-hybridized carbons (Fsp3) is 0.885. The van der Waals surface area contributed by atoms with Gasteiger partial charge in [0.15, 0.2) is 6.23 Å². The molecule has 0 aromatic heterocycles. The number of rotatable bonds is 7. The van der Waals surface area contributed by atoms with Gasteiger partial charge in [-0.1, -0.05) is 61.0 Å². The largest absolute Gasteiger partial charge is 0.443 e. The standard InChI is InChI=1S/C26H47NO2/c1-16(2)22-12-10-19(7)14-24(22)27(21(9)29-26(28)18(5)6)25-15-20(8)11-13-23(25)17(3)4/h16-17,19-25H,5,10-15H2,1-4,6-9H3. The number of nitrogens with zero attached hydrogens (tertiary/aromatic N) is 1. The number of hydrogen-bond acceptors (Lipinski definition) is 3. The Balaban J connectivity index is 2.42. The van der Waals surface area contributed by atoms with E-state index in [-0.39, 0.29) is 12.2 Å². The van der Waals surface area contributed by atoms with E-state index >= 15 is 0 Å². The van der Waals surface area contributed by atoms with Crippen LogP contribution >= 0.6 is 0 Å². The second-order valence-electron chi connectivity index (χ2n) is 11.0. The maximum atomic E-state index is 12.4. The summed E-state index contributed by atoms with van der Waals surface area (Å²) in [7, 11) is 0. The van der Waals surface area contributed by atoms with Gasteiger partial charge in [-0.15, -0.1) is 0 Å². The molecular formula is C26H47NO2. The monoisotopic (exact) mass is 405 g/mol. The first-order valence-electron chi connectivity index (χ1n) is 12.2. The SMILES string of the molecule is C=C(C)C(=O)OC(C)N(C1CC(C)CCC1C(C)C)C1CC(C)CCC1C(C)C. The highest BCUT2D eigenvalue weighted by Crippen LogP contribution is 2.44. The maximum Gasteiger partial charge on any atom is 0.334 e. The summed E-state index contributed by atoms with van der Waals surface area (Å²) in [5.74, 6) is 3.86. The summed E-state index contributed by atoms with van der Waals surface area (Å²) in [5.41, 5.74) is 0.492. The average Bonchev–Trinajstić information content (AvgIpc) is 2.61. The molecule has 0 radical (unpaired) electrons. The molecule has 0 amide bonds. The lowest BCUT2D eigenvalue weighted by molar-refractivity contribution is -0.168. The van der Waals surface area contributed by atoms with E-state index < -0.39 is 0 Å². The maximum absolute atomic E-state index is 12.4. The minimum absolute atomic E-state index is 0.202. The van der Waals surface area contributed by atoms with Crippen molar-refractivity contribution in [1.82, 2.24) is 4.90 Å². The smallest absolute Gasteiger partial charge is 0.334 e. The summed E-state index contributed by atoms with van der Waals surface area (Å²) in [5, 5.41) is 0. The molecule has 7 atom stereocenters. The Morgan fingerprint density at radius 1 is 0.862 bits per heavy atom. The minimum atomic E-state index is -0.252. The van der Waals surface area contributed by atoms with Crippen molar-refractivity contribution in [2.24, 2.45) is 35.5 Å². The number of carbonyl (C=O) groups is 1. The van der Waals surface area contributed by atoms with Crippen molar-refractivity contribution in [3.05, 3.63) is 12.2 Å². The number of ether oxygens (including phenoxy) is 1. The lowest BCUT2D eigenvalue weighted by Gasteiger charge is -2.53. The van der Waals surface area contributed by atoms with Gasteiger partial charge in [0.05, 0.1) is 0 Å². The van der Waals surface area contributed by atoms with E-state index in [0.29, 0.717) is 41.3 Å². The predicted molar refractivity (Wildman–Crippen MR) is 122 cm³/mol. The molecule has 2 saturated carbocycles. The molecule has 0 aliphatic heterocycles. The van der Waals surface area contributed by atoms with Crippen molar-refractivity contribution in [1.29, 1.82) is 0 Å². The Hall–Kier alpha value is -0.830. The van der Waals surface area contributed by atoms with Gasteiger partial charge in [-0.05, 0) is 75.0 Å². The van der Waals surface area contributed by atoms with Crippen molar-refractivity contribution in [2.45, 2.75) is 112 Å². The molecule has 0 aromatic carbocycles. The van der Waals surface area contributed by atoms with Crippen molar-refractivity contribution >= 4 is 5.97 Å². The van der Waals surface area contributed by atoms with Crippen molar-refractivity contribution < 1.29 is 9.53 Å². The lowest BCUT2D eigenvalue weighted by atomic mass is 9.69. The van der Waals surface area contributed by atoms with Gasteiger partial charge >= 0.3 is 5.97 Å². The molecule has 0 spiro atoms. The van der Waals surface area contributed by atoms with Crippen LogP contribution in [0, 0.1) is 35.5 Å². The number of hydrogen-bond donors (Lipinski definition) is 0. The van der Waals surface area contributed by atoms with Crippen molar-refractivity contribution in [3.8, 4) is 0 Å². The third kappa shape index (κ3) is 6.09. The van der Waals surface area contributed by atoms with Crippen LogP contribution in [0.3, 0.4) is 0 Å². The van der Waals surface area contributed by atoms with Crippen LogP contribution in [-0.2, 0) is 9.53 Å². The van der Waals surface area contributed by atoms with Crippen LogP contribution < -0.4 is 0 Å². The van der Waals surface area contributed by atoms with Crippen LogP contribution in [0.2, 0.25) is 0 Å².